The van der Waals surface area contributed by atoms with Crippen molar-refractivity contribution in [3.8, 4) is 17.0 Å². The van der Waals surface area contributed by atoms with E-state index in [4.69, 9.17) is 9.47 Å². The molecule has 0 unspecified atom stereocenters. The first-order valence-corrected chi connectivity index (χ1v) is 13.0. The highest BCUT2D eigenvalue weighted by Gasteiger charge is 2.27. The third kappa shape index (κ3) is 5.62. The molecular formula is C31H37N3O4. The van der Waals surface area contributed by atoms with E-state index in [1.807, 2.05) is 67.8 Å². The molecule has 0 saturated heterocycles. The number of hydrogen-bond donors (Lipinski definition) is 2. The molecular weight excluding hydrogens is 478 g/mol. The Labute approximate surface area is 224 Å². The molecule has 0 aliphatic carbocycles. The standard InChI is InChI=1S/C31H37N3O4/c1-7-8-17-34-26(24(30(36)38-6)19-27(34)29(35)33-31(2,3)4)18-23-22-11-9-10-12-25(22)32-28(23)20-13-15-21(37-5)16-14-20/h9-16,19,32H,7-8,17-18H2,1-6H3,(H,33,35). The first-order valence-electron chi connectivity index (χ1n) is 13.0. The van der Waals surface area contributed by atoms with E-state index >= 15 is 0 Å². The molecule has 0 aliphatic heterocycles. The number of fused-ring (bicyclic) bond motifs is 1. The Morgan fingerprint density at radius 2 is 1.74 bits per heavy atom. The third-order valence-corrected chi connectivity index (χ3v) is 6.61. The second-order valence-electron chi connectivity index (χ2n) is 10.5. The molecule has 2 aromatic heterocycles. The summed E-state index contributed by atoms with van der Waals surface area (Å²) in [6.45, 7) is 8.56. The van der Waals surface area contributed by atoms with Crippen molar-refractivity contribution in [1.82, 2.24) is 14.9 Å². The van der Waals surface area contributed by atoms with Crippen LogP contribution in [0, 0.1) is 0 Å². The topological polar surface area (TPSA) is 85.3 Å². The molecule has 7 nitrogen and oxygen atoms in total. The predicted molar refractivity (Wildman–Crippen MR) is 151 cm³/mol. The van der Waals surface area contributed by atoms with Gasteiger partial charge in [-0.2, -0.15) is 0 Å². The molecule has 0 atom stereocenters. The number of benzene rings is 2. The SMILES string of the molecule is CCCCn1c(C(=O)NC(C)(C)C)cc(C(=O)OC)c1Cc1c(-c2ccc(OC)cc2)[nH]c2ccccc12. The number of ether oxygens (including phenoxy) is 2. The lowest BCUT2D eigenvalue weighted by molar-refractivity contribution is 0.0599. The number of para-hydroxylation sites is 1. The Bertz CT molecular complexity index is 1440. The van der Waals surface area contributed by atoms with Crippen LogP contribution in [0.1, 0.15) is 72.6 Å². The number of H-pyrrole nitrogens is 1. The average Bonchev–Trinajstić information content (AvgIpc) is 3.45. The van der Waals surface area contributed by atoms with Crippen LogP contribution in [0.15, 0.2) is 54.6 Å². The smallest absolute Gasteiger partial charge is 0.339 e. The first-order chi connectivity index (χ1) is 18.2. The van der Waals surface area contributed by atoms with E-state index in [9.17, 15) is 9.59 Å². The van der Waals surface area contributed by atoms with Gasteiger partial charge in [0.25, 0.3) is 5.91 Å². The fraction of sp³-hybridized carbons (Fsp3) is 0.355. The van der Waals surface area contributed by atoms with Crippen LogP contribution in [-0.4, -0.2) is 41.2 Å². The lowest BCUT2D eigenvalue weighted by Gasteiger charge is -2.21. The minimum atomic E-state index is -0.453. The highest BCUT2D eigenvalue weighted by Crippen LogP contribution is 2.34. The number of unbranched alkanes of at least 4 members (excludes halogenated alkanes) is 1. The Morgan fingerprint density at radius 1 is 1.03 bits per heavy atom. The largest absolute Gasteiger partial charge is 0.497 e. The molecule has 1 amide bonds. The molecule has 0 aliphatic rings. The van der Waals surface area contributed by atoms with Crippen molar-refractivity contribution in [2.45, 2.75) is 59.0 Å². The summed E-state index contributed by atoms with van der Waals surface area (Å²) in [5.74, 6) is 0.118. The number of carbonyl (C=O) groups is 2. The number of methoxy groups -OCH3 is 2. The van der Waals surface area contributed by atoms with Crippen LogP contribution < -0.4 is 10.1 Å². The Balaban J connectivity index is 1.91. The molecule has 2 heterocycles. The van der Waals surface area contributed by atoms with Gasteiger partial charge in [-0.3, -0.25) is 4.79 Å². The molecule has 2 N–H and O–H groups in total. The van der Waals surface area contributed by atoms with E-state index in [1.54, 1.807) is 13.2 Å². The molecule has 0 saturated carbocycles. The second kappa shape index (κ2) is 11.2. The summed E-state index contributed by atoms with van der Waals surface area (Å²) >= 11 is 0. The van der Waals surface area contributed by atoms with E-state index in [-0.39, 0.29) is 5.91 Å². The van der Waals surface area contributed by atoms with Crippen molar-refractivity contribution in [3.63, 3.8) is 0 Å². The van der Waals surface area contributed by atoms with Gasteiger partial charge < -0.3 is 24.3 Å². The molecule has 4 rings (SSSR count). The van der Waals surface area contributed by atoms with Crippen LogP contribution in [0.3, 0.4) is 0 Å². The van der Waals surface area contributed by atoms with Gasteiger partial charge in [0.05, 0.1) is 25.5 Å². The van der Waals surface area contributed by atoms with Crippen LogP contribution in [0.5, 0.6) is 5.75 Å². The number of carbonyl (C=O) groups excluding carboxylic acids is 2. The summed E-state index contributed by atoms with van der Waals surface area (Å²) in [5.41, 5.74) is 5.26. The van der Waals surface area contributed by atoms with Crippen molar-refractivity contribution >= 4 is 22.8 Å². The molecule has 200 valence electrons. The van der Waals surface area contributed by atoms with E-state index < -0.39 is 11.5 Å². The van der Waals surface area contributed by atoms with Crippen LogP contribution in [0.25, 0.3) is 22.2 Å². The quantitative estimate of drug-likeness (QED) is 0.254. The zero-order chi connectivity index (χ0) is 27.4. The molecule has 0 fully saturated rings. The molecule has 0 bridgehead atoms. The number of esters is 1. The van der Waals surface area contributed by atoms with E-state index in [0.29, 0.717) is 24.2 Å². The fourth-order valence-electron chi connectivity index (χ4n) is 4.79. The maximum absolute atomic E-state index is 13.4. The molecule has 4 aromatic rings. The second-order valence-corrected chi connectivity index (χ2v) is 10.5. The van der Waals surface area contributed by atoms with E-state index in [1.165, 1.54) is 7.11 Å². The number of amides is 1. The monoisotopic (exact) mass is 515 g/mol. The van der Waals surface area contributed by atoms with E-state index in [0.717, 1.165) is 52.0 Å². The number of rotatable bonds is 9. The van der Waals surface area contributed by atoms with Crippen LogP contribution >= 0.6 is 0 Å². The molecule has 38 heavy (non-hydrogen) atoms. The maximum Gasteiger partial charge on any atom is 0.339 e. The highest BCUT2D eigenvalue weighted by molar-refractivity contribution is 5.99. The molecule has 2 aromatic carbocycles. The Morgan fingerprint density at radius 3 is 2.37 bits per heavy atom. The van der Waals surface area contributed by atoms with Crippen LogP contribution in [-0.2, 0) is 17.7 Å². The van der Waals surface area contributed by atoms with Gasteiger partial charge in [0.15, 0.2) is 0 Å². The summed E-state index contributed by atoms with van der Waals surface area (Å²) in [5, 5.41) is 4.12. The molecule has 0 spiro atoms. The summed E-state index contributed by atoms with van der Waals surface area (Å²) in [6.07, 6.45) is 2.27. The Kier molecular flexibility index (Phi) is 7.95. The summed E-state index contributed by atoms with van der Waals surface area (Å²) in [7, 11) is 3.02. The average molecular weight is 516 g/mol. The number of nitrogens with one attached hydrogen (secondary N) is 2. The number of aromatic nitrogens is 2. The Hall–Kier alpha value is -4.00. The van der Waals surface area contributed by atoms with Crippen LogP contribution in [0.4, 0.5) is 0 Å². The van der Waals surface area contributed by atoms with E-state index in [2.05, 4.69) is 23.3 Å². The van der Waals surface area contributed by atoms with Crippen LogP contribution in [0.2, 0.25) is 0 Å². The normalized spacial score (nSPS) is 11.5. The summed E-state index contributed by atoms with van der Waals surface area (Å²) < 4.78 is 12.5. The van der Waals surface area contributed by atoms with Crippen molar-refractivity contribution in [3.05, 3.63) is 77.1 Å². The fourth-order valence-corrected chi connectivity index (χ4v) is 4.79. The van der Waals surface area contributed by atoms with Crippen molar-refractivity contribution in [2.75, 3.05) is 14.2 Å². The van der Waals surface area contributed by atoms with Gasteiger partial charge in [-0.15, -0.1) is 0 Å². The van der Waals surface area contributed by atoms with Gasteiger partial charge in [0.2, 0.25) is 0 Å². The predicted octanol–water partition coefficient (Wildman–Crippen LogP) is 6.35. The van der Waals surface area contributed by atoms with Gasteiger partial charge in [-0.05, 0) is 74.7 Å². The maximum atomic E-state index is 13.4. The zero-order valence-corrected chi connectivity index (χ0v) is 23.1. The zero-order valence-electron chi connectivity index (χ0n) is 23.1. The van der Waals surface area contributed by atoms with Crippen molar-refractivity contribution < 1.29 is 19.1 Å². The van der Waals surface area contributed by atoms with Gasteiger partial charge in [-0.25, -0.2) is 4.79 Å². The first kappa shape index (κ1) is 27.0. The number of hydrogen-bond acceptors (Lipinski definition) is 4. The van der Waals surface area contributed by atoms with Gasteiger partial charge in [-0.1, -0.05) is 31.5 Å². The van der Waals surface area contributed by atoms with Crippen molar-refractivity contribution in [1.29, 1.82) is 0 Å². The third-order valence-electron chi connectivity index (χ3n) is 6.61. The highest BCUT2D eigenvalue weighted by atomic mass is 16.5. The minimum Gasteiger partial charge on any atom is -0.497 e. The number of nitrogens with zero attached hydrogens (tertiary/aromatic N) is 1. The summed E-state index contributed by atoms with van der Waals surface area (Å²) in [6, 6.07) is 17.7. The number of aromatic amines is 1. The van der Waals surface area contributed by atoms with Crippen molar-refractivity contribution in [2.24, 2.45) is 0 Å². The minimum absolute atomic E-state index is 0.209. The molecule has 0 radical (unpaired) electrons. The van der Waals surface area contributed by atoms with Gasteiger partial charge in [0, 0.05) is 35.1 Å². The molecule has 7 heteroatoms. The van der Waals surface area contributed by atoms with Gasteiger partial charge in [0.1, 0.15) is 11.4 Å². The van der Waals surface area contributed by atoms with Gasteiger partial charge >= 0.3 is 5.97 Å². The summed E-state index contributed by atoms with van der Waals surface area (Å²) in [4.78, 5) is 30.0. The lowest BCUT2D eigenvalue weighted by atomic mass is 9.99. The lowest BCUT2D eigenvalue weighted by Crippen LogP contribution is -2.41.